The lowest BCUT2D eigenvalue weighted by Gasteiger charge is -2.22. The van der Waals surface area contributed by atoms with Crippen LogP contribution in [0.3, 0.4) is 0 Å². The number of ether oxygens (including phenoxy) is 3. The standard InChI is InChI=1S/2C19H21ClN2O2.C15H16ClNO.2C11H12ClNO2.C11H13NO.C4H4ClNO2.C2H4O2/c1-11-6-7-14-5-4-8-22(19(24)16(14)17(11)20)10-15-12(2)9-13(3)21-18(15)23;1-11-7-13(3)21-18(23)16(11)10-22-6-4-5-14-9-17(20)12(2)8-15(14)19(22)24;1-11-8-12(2)17-15(14(11)9-16)18-10-13-6-4-3-5-7-13;1-15-8-5-4-7-3-2-6-13-11(14)9(7)10(8)12;1-15-10-6-8-7(5-9(10)12)3-2-4-13-11(8)14;1-8-4-5-9-3-2-6-12-11(13)10(9)7-8;5-6-3(7)1-2-4(6)8;1-2(3)4/h6-7,9H,4-5,8,10H2,1-3H3,(H,21,23);7-9H,4-6,10H2,1-3H3,(H,21,23);3-8H,9-10H2,1-2H3;4-5H,2-3,6H2,1H3,(H,13,14);5-6H,2-4H2,1H3,(H,13,14);4-5,7H,2-3,6H2,1H3,(H,12,13);1-2H2;1H3,(H,3,4). The van der Waals surface area contributed by atoms with Gasteiger partial charge in [-0.05, 0) is 242 Å². The Morgan fingerprint density at radius 1 is 0.471 bits per heavy atom. The number of carbonyl (C=O) groups is 8. The number of methoxy groups -OCH3 is 2. The number of pyridine rings is 3. The molecule has 0 atom stereocenters. The number of fused-ring (bicyclic) bond motifs is 5. The smallest absolute Gasteiger partial charge is 0.300 e. The van der Waals surface area contributed by atoms with Crippen molar-refractivity contribution in [2.45, 2.75) is 172 Å². The van der Waals surface area contributed by atoms with E-state index in [1.807, 2.05) is 153 Å². The summed E-state index contributed by atoms with van der Waals surface area (Å²) < 4.78 is 16.6. The maximum absolute atomic E-state index is 13.0. The molecule has 15 rings (SSSR count). The SMILES string of the molecule is CC(=O)O.COc1cc2c(cc1Cl)CCCNC2=O.COc1ccc2c(c1Cl)C(=O)NCCC2.Cc1cc(C)c(CCl)c(OCc2ccccc2)n1.Cc1cc(C)c(CN2CCCc3cc(Cl)c(C)cc3C2=O)c(=O)[nH]1.Cc1cc(C)c(CN2CCCc3ccc(C)c(Cl)c3C2=O)c(=O)[nH]1.Cc1ccc2c(c1)C(=O)NCCC2.O=C1CCC(=O)N1Cl. The van der Waals surface area contributed by atoms with Crippen molar-refractivity contribution in [1.29, 1.82) is 0 Å². The third-order valence-electron chi connectivity index (χ3n) is 20.5. The number of imide groups is 1. The number of nitrogens with zero attached hydrogens (tertiary/aromatic N) is 4. The highest BCUT2D eigenvalue weighted by molar-refractivity contribution is 6.36. The number of alkyl halides is 1. The first kappa shape index (κ1) is 95.9. The Morgan fingerprint density at radius 2 is 0.950 bits per heavy atom. The van der Waals surface area contributed by atoms with Crippen LogP contribution >= 0.6 is 69.8 Å². The van der Waals surface area contributed by atoms with Crippen molar-refractivity contribution < 1.29 is 57.7 Å². The van der Waals surface area contributed by atoms with Gasteiger partial charge in [0.2, 0.25) is 17.7 Å². The van der Waals surface area contributed by atoms with Crippen molar-refractivity contribution in [3.63, 3.8) is 0 Å². The summed E-state index contributed by atoms with van der Waals surface area (Å²) in [6.07, 6.45) is 9.59. The summed E-state index contributed by atoms with van der Waals surface area (Å²) in [7, 11) is 3.09. The number of amides is 7. The molecule has 23 nitrogen and oxygen atoms in total. The van der Waals surface area contributed by atoms with Crippen LogP contribution in [0.2, 0.25) is 20.1 Å². The molecule has 0 saturated carbocycles. The van der Waals surface area contributed by atoms with Crippen LogP contribution in [0.25, 0.3) is 0 Å². The van der Waals surface area contributed by atoms with E-state index < -0.39 is 5.97 Å². The van der Waals surface area contributed by atoms with Crippen molar-refractivity contribution in [3.05, 3.63) is 284 Å². The molecule has 3 aromatic heterocycles. The monoisotopic (exact) mass is 1770 g/mol. The summed E-state index contributed by atoms with van der Waals surface area (Å²) in [6.45, 7) is 23.1. The minimum absolute atomic E-state index is 0.0263. The summed E-state index contributed by atoms with van der Waals surface area (Å²) >= 11 is 35.8. The average Bonchev–Trinajstić information content (AvgIpc) is 1.77. The van der Waals surface area contributed by atoms with Crippen LogP contribution in [0.5, 0.6) is 17.4 Å². The number of carboxylic acid groups (broad SMARTS) is 1. The normalized spacial score (nSPS) is 14.3. The van der Waals surface area contributed by atoms with Crippen LogP contribution in [-0.2, 0) is 72.1 Å². The Kier molecular flexibility index (Phi) is 36.4. The summed E-state index contributed by atoms with van der Waals surface area (Å²) in [5, 5.41) is 18.1. The number of carboxylic acids is 1. The lowest BCUT2D eigenvalue weighted by Crippen LogP contribution is -2.33. The van der Waals surface area contributed by atoms with Gasteiger partial charge in [-0.2, -0.15) is 4.42 Å². The van der Waals surface area contributed by atoms with Crippen molar-refractivity contribution in [1.82, 2.24) is 45.1 Å². The van der Waals surface area contributed by atoms with E-state index in [0.717, 1.165) is 167 Å². The number of benzene rings is 6. The summed E-state index contributed by atoms with van der Waals surface area (Å²) in [4.78, 5) is 129. The van der Waals surface area contributed by atoms with Crippen LogP contribution in [0.1, 0.15) is 204 Å². The molecule has 29 heteroatoms. The summed E-state index contributed by atoms with van der Waals surface area (Å²) in [5.41, 5.74) is 20.2. The molecule has 6 aliphatic heterocycles. The molecule has 9 aromatic rings. The molecule has 6 aromatic carbocycles. The van der Waals surface area contributed by atoms with Crippen molar-refractivity contribution in [2.24, 2.45) is 0 Å². The average molecular weight is 1770 g/mol. The molecule has 642 valence electrons. The Labute approximate surface area is 735 Å². The quantitative estimate of drug-likeness (QED) is 0.0421. The van der Waals surface area contributed by atoms with Gasteiger partial charge in [0.15, 0.2) is 0 Å². The van der Waals surface area contributed by atoms with E-state index in [9.17, 15) is 43.2 Å². The molecule has 0 bridgehead atoms. The number of nitrogens with one attached hydrogen (secondary N) is 5. The molecule has 9 heterocycles. The molecule has 6 aliphatic rings. The van der Waals surface area contributed by atoms with E-state index in [-0.39, 0.29) is 65.3 Å². The second-order valence-electron chi connectivity index (χ2n) is 29.9. The number of H-pyrrole nitrogens is 2. The maximum atomic E-state index is 13.0. The molecule has 0 unspecified atom stereocenters. The van der Waals surface area contributed by atoms with Crippen LogP contribution < -0.4 is 41.3 Å². The lowest BCUT2D eigenvalue weighted by molar-refractivity contribution is -0.135. The van der Waals surface area contributed by atoms with Crippen molar-refractivity contribution in [2.75, 3.05) is 46.9 Å². The number of aryl methyl sites for hydroxylation is 14. The number of aliphatic carboxylic acids is 1. The van der Waals surface area contributed by atoms with Gasteiger partial charge in [0.25, 0.3) is 46.6 Å². The fourth-order valence-corrected chi connectivity index (χ4v) is 15.7. The molecule has 0 spiro atoms. The maximum Gasteiger partial charge on any atom is 0.300 e. The third kappa shape index (κ3) is 26.7. The highest BCUT2D eigenvalue weighted by Gasteiger charge is 2.30. The minimum Gasteiger partial charge on any atom is -0.495 e. The van der Waals surface area contributed by atoms with E-state index >= 15 is 0 Å². The number of aromatic nitrogens is 3. The van der Waals surface area contributed by atoms with E-state index in [0.29, 0.717) is 127 Å². The number of halogens is 6. The predicted octanol–water partition coefficient (Wildman–Crippen LogP) is 17.2. The number of hydrogen-bond donors (Lipinski definition) is 6. The molecule has 121 heavy (non-hydrogen) atoms. The highest BCUT2D eigenvalue weighted by atomic mass is 35.5. The van der Waals surface area contributed by atoms with Crippen LogP contribution in [0.15, 0.2) is 125 Å². The van der Waals surface area contributed by atoms with Crippen molar-refractivity contribution >= 4 is 117 Å². The topological polar surface area (TPSA) is 309 Å². The number of carbonyl (C=O) groups excluding carboxylic acids is 7. The Hall–Kier alpha value is -10.5. The van der Waals surface area contributed by atoms with E-state index in [4.69, 9.17) is 93.9 Å². The van der Waals surface area contributed by atoms with Crippen molar-refractivity contribution in [3.8, 4) is 17.4 Å². The van der Waals surface area contributed by atoms with Gasteiger partial charge in [0.05, 0.1) is 59.4 Å². The second kappa shape index (κ2) is 45.9. The fourth-order valence-electron chi connectivity index (χ4n) is 14.2. The number of aromatic amines is 2. The molecule has 1 saturated heterocycles. The zero-order chi connectivity index (χ0) is 88.5. The molecule has 0 radical (unpaired) electrons. The van der Waals surface area contributed by atoms with Gasteiger partial charge < -0.3 is 55.0 Å². The van der Waals surface area contributed by atoms with Gasteiger partial charge in [-0.25, -0.2) is 4.98 Å². The largest absolute Gasteiger partial charge is 0.495 e. The first-order valence-electron chi connectivity index (χ1n) is 39.7. The fraction of sp³-hybridized carbons (Fsp3) is 0.359. The van der Waals surface area contributed by atoms with Gasteiger partial charge >= 0.3 is 0 Å². The van der Waals surface area contributed by atoms with E-state index in [1.165, 1.54) is 5.56 Å². The third-order valence-corrected chi connectivity index (χ3v) is 22.7. The van der Waals surface area contributed by atoms with E-state index in [1.54, 1.807) is 36.2 Å². The Morgan fingerprint density at radius 3 is 1.50 bits per heavy atom. The van der Waals surface area contributed by atoms with Gasteiger partial charge in [-0.3, -0.25) is 47.9 Å². The Balaban J connectivity index is 0.000000178. The Bertz CT molecular complexity index is 5400. The predicted molar refractivity (Wildman–Crippen MR) is 475 cm³/mol. The zero-order valence-electron chi connectivity index (χ0n) is 70.1. The summed E-state index contributed by atoms with van der Waals surface area (Å²) in [6, 6.07) is 37.0. The lowest BCUT2D eigenvalue weighted by atomic mass is 10.0. The zero-order valence-corrected chi connectivity index (χ0v) is 74.7. The van der Waals surface area contributed by atoms with Crippen LogP contribution in [0, 0.1) is 62.3 Å². The molecule has 7 amide bonds. The van der Waals surface area contributed by atoms with Gasteiger partial charge in [-0.15, -0.1) is 11.6 Å². The first-order valence-corrected chi connectivity index (χ1v) is 42.1. The molecule has 6 N–H and O–H groups in total. The molecule has 1 fully saturated rings. The second-order valence-corrected chi connectivity index (χ2v) is 32.1. The van der Waals surface area contributed by atoms with E-state index in [2.05, 4.69) is 43.0 Å². The van der Waals surface area contributed by atoms with Gasteiger partial charge in [0, 0.05) is 120 Å². The van der Waals surface area contributed by atoms with Crippen LogP contribution in [-0.4, -0.2) is 129 Å². The first-order chi connectivity index (χ1) is 57.6. The minimum atomic E-state index is -0.833. The van der Waals surface area contributed by atoms with Gasteiger partial charge in [0.1, 0.15) is 18.1 Å². The molecular weight excluding hydrogens is 1670 g/mol. The highest BCUT2D eigenvalue weighted by Crippen LogP contribution is 2.35. The molecule has 0 aliphatic carbocycles. The number of rotatable bonds is 10. The summed E-state index contributed by atoms with van der Waals surface area (Å²) in [5.74, 6) is 0.556. The van der Waals surface area contributed by atoms with Gasteiger partial charge in [-0.1, -0.05) is 113 Å². The number of hydrogen-bond acceptors (Lipinski definition) is 14. The molecular formula is C92H103Cl6N9O14. The van der Waals surface area contributed by atoms with Crippen LogP contribution in [0.4, 0.5) is 0 Å².